The second kappa shape index (κ2) is 11.8. The Morgan fingerprint density at radius 2 is 1.91 bits per heavy atom. The van der Waals surface area contributed by atoms with Crippen LogP contribution in [0.5, 0.6) is 5.75 Å². The first-order valence-corrected chi connectivity index (χ1v) is 10.6. The lowest BCUT2D eigenvalue weighted by molar-refractivity contribution is -0.133. The minimum atomic E-state index is -0.398. The van der Waals surface area contributed by atoms with E-state index in [1.807, 2.05) is 36.0 Å². The van der Waals surface area contributed by atoms with Crippen LogP contribution in [0.15, 0.2) is 65.4 Å². The largest absolute Gasteiger partial charge is 0.497 e. The van der Waals surface area contributed by atoms with Crippen molar-refractivity contribution in [3.63, 3.8) is 0 Å². The quantitative estimate of drug-likeness (QED) is 0.480. The third-order valence-corrected chi connectivity index (χ3v) is 5.18. The summed E-state index contributed by atoms with van der Waals surface area (Å²) in [5, 5.41) is 2.83. The first-order valence-electron chi connectivity index (χ1n) is 10.6. The molecule has 0 saturated carbocycles. The Morgan fingerprint density at radius 3 is 2.58 bits per heavy atom. The van der Waals surface area contributed by atoms with Crippen molar-refractivity contribution in [2.45, 2.75) is 13.1 Å². The number of aromatic nitrogens is 1. The predicted octanol–water partition coefficient (Wildman–Crippen LogP) is 3.34. The number of aryl methyl sites for hydroxylation is 1. The van der Waals surface area contributed by atoms with Gasteiger partial charge in [0.15, 0.2) is 0 Å². The van der Waals surface area contributed by atoms with E-state index in [4.69, 9.17) is 13.9 Å². The number of urea groups is 1. The SMILES string of the molecule is COCCN(CC(=O)N(Cc1ccco1)Cc1cccn1C)C(=O)Nc1cccc(OC)c1. The summed E-state index contributed by atoms with van der Waals surface area (Å²) in [5.41, 5.74) is 1.55. The number of nitrogens with one attached hydrogen (secondary N) is 1. The Balaban J connectivity index is 1.74. The van der Waals surface area contributed by atoms with Crippen LogP contribution in [0.25, 0.3) is 0 Å². The summed E-state index contributed by atoms with van der Waals surface area (Å²) < 4.78 is 17.8. The standard InChI is InChI=1S/C24H30N4O5/c1-26-11-5-8-20(26)16-28(17-22-10-6-13-33-22)23(29)18-27(12-14-31-2)24(30)25-19-7-4-9-21(15-19)32-3/h4-11,13,15H,12,14,16-18H2,1-3H3,(H,25,30). The molecule has 0 bridgehead atoms. The van der Waals surface area contributed by atoms with Crippen LogP contribution < -0.4 is 10.1 Å². The molecule has 1 aromatic carbocycles. The van der Waals surface area contributed by atoms with Crippen LogP contribution in [0, 0.1) is 0 Å². The van der Waals surface area contributed by atoms with Crippen LogP contribution in [-0.4, -0.2) is 60.2 Å². The van der Waals surface area contributed by atoms with E-state index in [0.717, 1.165) is 5.69 Å². The van der Waals surface area contributed by atoms with Gasteiger partial charge in [-0.15, -0.1) is 0 Å². The van der Waals surface area contributed by atoms with E-state index in [2.05, 4.69) is 5.32 Å². The lowest BCUT2D eigenvalue weighted by Crippen LogP contribution is -2.45. The highest BCUT2D eigenvalue weighted by molar-refractivity contribution is 5.92. The molecule has 0 spiro atoms. The maximum atomic E-state index is 13.3. The van der Waals surface area contributed by atoms with E-state index in [-0.39, 0.29) is 19.0 Å². The van der Waals surface area contributed by atoms with E-state index in [0.29, 0.717) is 36.9 Å². The van der Waals surface area contributed by atoms with Crippen molar-refractivity contribution in [3.8, 4) is 5.75 Å². The van der Waals surface area contributed by atoms with Gasteiger partial charge in [-0.2, -0.15) is 0 Å². The summed E-state index contributed by atoms with van der Waals surface area (Å²) in [6, 6.07) is 14.1. The summed E-state index contributed by atoms with van der Waals surface area (Å²) in [4.78, 5) is 29.4. The predicted molar refractivity (Wildman–Crippen MR) is 124 cm³/mol. The molecule has 3 aromatic rings. The minimum Gasteiger partial charge on any atom is -0.497 e. The number of hydrogen-bond acceptors (Lipinski definition) is 5. The van der Waals surface area contributed by atoms with E-state index >= 15 is 0 Å². The van der Waals surface area contributed by atoms with Crippen molar-refractivity contribution in [2.75, 3.05) is 39.2 Å². The molecule has 0 aliphatic carbocycles. The number of benzene rings is 1. The van der Waals surface area contributed by atoms with E-state index in [1.165, 1.54) is 4.90 Å². The monoisotopic (exact) mass is 454 g/mol. The highest BCUT2D eigenvalue weighted by atomic mass is 16.5. The van der Waals surface area contributed by atoms with Gasteiger partial charge in [0, 0.05) is 44.3 Å². The number of nitrogens with zero attached hydrogens (tertiary/aromatic N) is 3. The third kappa shape index (κ3) is 6.88. The van der Waals surface area contributed by atoms with Crippen LogP contribution in [0.3, 0.4) is 0 Å². The van der Waals surface area contributed by atoms with Gasteiger partial charge < -0.3 is 33.6 Å². The van der Waals surface area contributed by atoms with Gasteiger partial charge in [-0.05, 0) is 36.4 Å². The first kappa shape index (κ1) is 23.9. The van der Waals surface area contributed by atoms with E-state index in [9.17, 15) is 9.59 Å². The Morgan fingerprint density at radius 1 is 1.06 bits per heavy atom. The van der Waals surface area contributed by atoms with Crippen LogP contribution in [0.1, 0.15) is 11.5 Å². The first-order chi connectivity index (χ1) is 16.0. The third-order valence-electron chi connectivity index (χ3n) is 5.18. The van der Waals surface area contributed by atoms with Crippen LogP contribution >= 0.6 is 0 Å². The summed E-state index contributed by atoms with van der Waals surface area (Å²) in [5.74, 6) is 1.09. The molecule has 2 heterocycles. The topological polar surface area (TPSA) is 89.2 Å². The van der Waals surface area contributed by atoms with Crippen molar-refractivity contribution in [3.05, 3.63) is 72.4 Å². The second-order valence-corrected chi connectivity index (χ2v) is 7.52. The molecule has 9 heteroatoms. The number of amides is 3. The highest BCUT2D eigenvalue weighted by Crippen LogP contribution is 2.17. The molecule has 0 unspecified atom stereocenters. The average Bonchev–Trinajstić information content (AvgIpc) is 3.47. The van der Waals surface area contributed by atoms with Crippen molar-refractivity contribution in [1.82, 2.24) is 14.4 Å². The highest BCUT2D eigenvalue weighted by Gasteiger charge is 2.23. The van der Waals surface area contributed by atoms with Gasteiger partial charge >= 0.3 is 6.03 Å². The average molecular weight is 455 g/mol. The second-order valence-electron chi connectivity index (χ2n) is 7.52. The number of ether oxygens (including phenoxy) is 2. The lowest BCUT2D eigenvalue weighted by atomic mass is 10.3. The molecule has 33 heavy (non-hydrogen) atoms. The number of anilines is 1. The summed E-state index contributed by atoms with van der Waals surface area (Å²) in [6.07, 6.45) is 3.50. The zero-order valence-corrected chi connectivity index (χ0v) is 19.2. The number of rotatable bonds is 11. The van der Waals surface area contributed by atoms with Gasteiger partial charge in [0.25, 0.3) is 0 Å². The molecule has 0 radical (unpaired) electrons. The molecule has 0 fully saturated rings. The maximum Gasteiger partial charge on any atom is 0.322 e. The molecule has 3 amide bonds. The zero-order valence-electron chi connectivity index (χ0n) is 19.2. The minimum absolute atomic E-state index is 0.107. The van der Waals surface area contributed by atoms with Crippen molar-refractivity contribution < 1.29 is 23.5 Å². The smallest absolute Gasteiger partial charge is 0.322 e. The molecule has 0 saturated heterocycles. The van der Waals surface area contributed by atoms with Crippen molar-refractivity contribution in [2.24, 2.45) is 7.05 Å². The molecule has 0 aliphatic heterocycles. The summed E-state index contributed by atoms with van der Waals surface area (Å²) in [7, 11) is 5.04. The summed E-state index contributed by atoms with van der Waals surface area (Å²) >= 11 is 0. The molecule has 176 valence electrons. The van der Waals surface area contributed by atoms with Gasteiger partial charge in [-0.1, -0.05) is 6.07 Å². The fourth-order valence-electron chi connectivity index (χ4n) is 3.30. The molecule has 9 nitrogen and oxygen atoms in total. The number of hydrogen-bond donors (Lipinski definition) is 1. The number of methoxy groups -OCH3 is 2. The Kier molecular flexibility index (Phi) is 8.54. The van der Waals surface area contributed by atoms with Crippen LogP contribution in [0.4, 0.5) is 10.5 Å². The van der Waals surface area contributed by atoms with E-state index in [1.54, 1.807) is 55.7 Å². The van der Waals surface area contributed by atoms with Gasteiger partial charge in [-0.25, -0.2) is 4.79 Å². The van der Waals surface area contributed by atoms with Gasteiger partial charge in [0.1, 0.15) is 18.1 Å². The molecular weight excluding hydrogens is 424 g/mol. The Labute approximate surface area is 193 Å². The molecular formula is C24H30N4O5. The fourth-order valence-corrected chi connectivity index (χ4v) is 3.30. The van der Waals surface area contributed by atoms with Crippen LogP contribution in [-0.2, 0) is 29.7 Å². The van der Waals surface area contributed by atoms with Crippen molar-refractivity contribution >= 4 is 17.6 Å². The zero-order chi connectivity index (χ0) is 23.6. The number of carbonyl (C=O) groups is 2. The van der Waals surface area contributed by atoms with Gasteiger partial charge in [-0.3, -0.25) is 4.79 Å². The van der Waals surface area contributed by atoms with Gasteiger partial charge in [0.2, 0.25) is 5.91 Å². The van der Waals surface area contributed by atoms with E-state index < -0.39 is 6.03 Å². The number of carbonyl (C=O) groups excluding carboxylic acids is 2. The molecule has 2 aromatic heterocycles. The lowest BCUT2D eigenvalue weighted by Gasteiger charge is -2.27. The molecule has 3 rings (SSSR count). The normalized spacial score (nSPS) is 10.6. The maximum absolute atomic E-state index is 13.3. The fraction of sp³-hybridized carbons (Fsp3) is 0.333. The Hall–Kier alpha value is -3.72. The molecule has 1 N–H and O–H groups in total. The van der Waals surface area contributed by atoms with Crippen molar-refractivity contribution in [1.29, 1.82) is 0 Å². The van der Waals surface area contributed by atoms with Gasteiger partial charge in [0.05, 0.1) is 33.1 Å². The Bertz CT molecular complexity index is 1030. The number of furan rings is 1. The summed E-state index contributed by atoms with van der Waals surface area (Å²) in [6.45, 7) is 1.14. The molecule has 0 atom stereocenters. The van der Waals surface area contributed by atoms with Crippen LogP contribution in [0.2, 0.25) is 0 Å². The molecule has 0 aliphatic rings.